The number of carbonyl (C=O) groups excluding carboxylic acids is 1. The average molecular weight is 383 g/mol. The minimum atomic E-state index is -0.495. The van der Waals surface area contributed by atoms with Gasteiger partial charge in [0.15, 0.2) is 0 Å². The van der Waals surface area contributed by atoms with E-state index < -0.39 is 11.7 Å². The van der Waals surface area contributed by atoms with Crippen LogP contribution in [-0.4, -0.2) is 12.1 Å². The molecule has 3 aromatic rings. The molecule has 0 aromatic heterocycles. The summed E-state index contributed by atoms with van der Waals surface area (Å²) in [5, 5.41) is 4.60. The maximum atomic E-state index is 13.2. The zero-order valence-corrected chi connectivity index (χ0v) is 15.0. The number of rotatable bonds is 6. The van der Waals surface area contributed by atoms with Crippen molar-refractivity contribution in [2.75, 3.05) is 0 Å². The predicted molar refractivity (Wildman–Crippen MR) is 104 cm³/mol. The molecule has 0 heterocycles. The van der Waals surface area contributed by atoms with Crippen LogP contribution in [-0.2, 0) is 6.61 Å². The minimum Gasteiger partial charge on any atom is -0.488 e. The fourth-order valence-corrected chi connectivity index (χ4v) is 2.44. The Kier molecular flexibility index (Phi) is 6.18. The monoisotopic (exact) mass is 382 g/mol. The van der Waals surface area contributed by atoms with Crippen molar-refractivity contribution in [2.45, 2.75) is 6.61 Å². The Balaban J connectivity index is 1.64. The van der Waals surface area contributed by atoms with Gasteiger partial charge in [0.1, 0.15) is 18.2 Å². The molecule has 0 bridgehead atoms. The summed E-state index contributed by atoms with van der Waals surface area (Å²) in [6, 6.07) is 20.1. The van der Waals surface area contributed by atoms with E-state index in [9.17, 15) is 9.18 Å². The predicted octanol–water partition coefficient (Wildman–Crippen LogP) is 4.82. The third-order valence-corrected chi connectivity index (χ3v) is 3.94. The first-order valence-corrected chi connectivity index (χ1v) is 8.55. The Bertz CT molecular complexity index is 958. The van der Waals surface area contributed by atoms with Crippen molar-refractivity contribution in [2.24, 2.45) is 5.10 Å². The van der Waals surface area contributed by atoms with Crippen LogP contribution in [0.1, 0.15) is 21.5 Å². The lowest BCUT2D eigenvalue weighted by Crippen LogP contribution is -2.17. The molecule has 0 unspecified atom stereocenters. The maximum Gasteiger partial charge on any atom is 0.271 e. The van der Waals surface area contributed by atoms with E-state index in [1.165, 1.54) is 24.4 Å². The number of carbonyl (C=O) groups is 1. The number of ether oxygens (including phenoxy) is 1. The standard InChI is InChI=1S/C21H16ClFN2O2/c22-18-10-8-15(9-11-18)14-27-20-7-2-1-4-17(20)13-24-25-21(26)16-5-3-6-19(23)12-16/h1-13H,14H2,(H,25,26). The number of nitrogens with one attached hydrogen (secondary N) is 1. The molecular weight excluding hydrogens is 367 g/mol. The number of halogens is 2. The number of hydrogen-bond acceptors (Lipinski definition) is 3. The van der Waals surface area contributed by atoms with Crippen molar-refractivity contribution in [1.29, 1.82) is 0 Å². The smallest absolute Gasteiger partial charge is 0.271 e. The third-order valence-electron chi connectivity index (χ3n) is 3.68. The van der Waals surface area contributed by atoms with Gasteiger partial charge in [0.2, 0.25) is 0 Å². The number of para-hydroxylation sites is 1. The highest BCUT2D eigenvalue weighted by atomic mass is 35.5. The summed E-state index contributed by atoms with van der Waals surface area (Å²) in [7, 11) is 0. The van der Waals surface area contributed by atoms with E-state index in [4.69, 9.17) is 16.3 Å². The van der Waals surface area contributed by atoms with Crippen LogP contribution in [0.5, 0.6) is 5.75 Å². The van der Waals surface area contributed by atoms with Crippen LogP contribution in [0.4, 0.5) is 4.39 Å². The highest BCUT2D eigenvalue weighted by Gasteiger charge is 2.05. The first kappa shape index (κ1) is 18.6. The average Bonchev–Trinajstić information content (AvgIpc) is 2.68. The van der Waals surface area contributed by atoms with Crippen LogP contribution in [0.25, 0.3) is 0 Å². The molecule has 3 aromatic carbocycles. The molecule has 0 aliphatic heterocycles. The Morgan fingerprint density at radius 3 is 2.63 bits per heavy atom. The molecular formula is C21H16ClFN2O2. The molecule has 0 spiro atoms. The number of hydrogen-bond donors (Lipinski definition) is 1. The molecule has 0 fully saturated rings. The summed E-state index contributed by atoms with van der Waals surface area (Å²) < 4.78 is 19.0. The van der Waals surface area contributed by atoms with Crippen LogP contribution >= 0.6 is 11.6 Å². The lowest BCUT2D eigenvalue weighted by atomic mass is 10.2. The summed E-state index contributed by atoms with van der Waals surface area (Å²) in [6.07, 6.45) is 1.48. The topological polar surface area (TPSA) is 50.7 Å². The maximum absolute atomic E-state index is 13.2. The molecule has 1 N–H and O–H groups in total. The van der Waals surface area contributed by atoms with E-state index in [1.54, 1.807) is 12.1 Å². The van der Waals surface area contributed by atoms with Gasteiger partial charge in [0.25, 0.3) is 5.91 Å². The number of benzene rings is 3. The lowest BCUT2D eigenvalue weighted by Gasteiger charge is -2.09. The zero-order valence-electron chi connectivity index (χ0n) is 14.2. The molecule has 4 nitrogen and oxygen atoms in total. The molecule has 0 aliphatic rings. The number of hydrazone groups is 1. The van der Waals surface area contributed by atoms with Gasteiger partial charge in [-0.25, -0.2) is 9.82 Å². The van der Waals surface area contributed by atoms with E-state index in [-0.39, 0.29) is 5.56 Å². The second-order valence-corrected chi connectivity index (χ2v) is 6.10. The van der Waals surface area contributed by atoms with Crippen molar-refractivity contribution in [1.82, 2.24) is 5.43 Å². The largest absolute Gasteiger partial charge is 0.488 e. The van der Waals surface area contributed by atoms with Gasteiger partial charge in [-0.2, -0.15) is 5.10 Å². The van der Waals surface area contributed by atoms with E-state index in [1.807, 2.05) is 36.4 Å². The van der Waals surface area contributed by atoms with Crippen LogP contribution in [0, 0.1) is 5.82 Å². The van der Waals surface area contributed by atoms with Gasteiger partial charge in [-0.1, -0.05) is 41.9 Å². The zero-order chi connectivity index (χ0) is 19.1. The number of amides is 1. The summed E-state index contributed by atoms with van der Waals surface area (Å²) in [5.74, 6) is -0.353. The summed E-state index contributed by atoms with van der Waals surface area (Å²) in [5.41, 5.74) is 4.25. The summed E-state index contributed by atoms with van der Waals surface area (Å²) >= 11 is 5.88. The molecule has 0 saturated carbocycles. The Morgan fingerprint density at radius 1 is 1.07 bits per heavy atom. The molecule has 136 valence electrons. The minimum absolute atomic E-state index is 0.194. The van der Waals surface area contributed by atoms with E-state index in [2.05, 4.69) is 10.5 Å². The molecule has 0 radical (unpaired) electrons. The first-order chi connectivity index (χ1) is 13.1. The highest BCUT2D eigenvalue weighted by Crippen LogP contribution is 2.18. The third kappa shape index (κ3) is 5.39. The molecule has 0 aliphatic carbocycles. The van der Waals surface area contributed by atoms with Crippen molar-refractivity contribution < 1.29 is 13.9 Å². The summed E-state index contributed by atoms with van der Waals surface area (Å²) in [4.78, 5) is 12.0. The second kappa shape index (κ2) is 8.96. The van der Waals surface area contributed by atoms with Crippen LogP contribution in [0.15, 0.2) is 77.9 Å². The van der Waals surface area contributed by atoms with Gasteiger partial charge < -0.3 is 4.74 Å². The Labute approximate surface area is 161 Å². The molecule has 27 heavy (non-hydrogen) atoms. The molecule has 3 rings (SSSR count). The Morgan fingerprint density at radius 2 is 1.85 bits per heavy atom. The van der Waals surface area contributed by atoms with Gasteiger partial charge in [-0.15, -0.1) is 0 Å². The van der Waals surface area contributed by atoms with E-state index in [0.29, 0.717) is 22.9 Å². The quantitative estimate of drug-likeness (QED) is 0.490. The Hall–Kier alpha value is -3.18. The fourth-order valence-electron chi connectivity index (χ4n) is 2.32. The lowest BCUT2D eigenvalue weighted by molar-refractivity contribution is 0.0954. The molecule has 0 saturated heterocycles. The van der Waals surface area contributed by atoms with Gasteiger partial charge in [0.05, 0.1) is 6.21 Å². The normalized spacial score (nSPS) is 10.7. The fraction of sp³-hybridized carbons (Fsp3) is 0.0476. The van der Waals surface area contributed by atoms with Crippen molar-refractivity contribution >= 4 is 23.7 Å². The highest BCUT2D eigenvalue weighted by molar-refractivity contribution is 6.30. The van der Waals surface area contributed by atoms with Crippen LogP contribution in [0.2, 0.25) is 5.02 Å². The molecule has 6 heteroatoms. The van der Waals surface area contributed by atoms with Gasteiger partial charge in [-0.3, -0.25) is 4.79 Å². The van der Waals surface area contributed by atoms with Crippen LogP contribution in [0.3, 0.4) is 0 Å². The van der Waals surface area contributed by atoms with Crippen molar-refractivity contribution in [3.05, 3.63) is 100 Å². The molecule has 1 amide bonds. The van der Waals surface area contributed by atoms with Crippen LogP contribution < -0.4 is 10.2 Å². The van der Waals surface area contributed by atoms with Crippen molar-refractivity contribution in [3.63, 3.8) is 0 Å². The SMILES string of the molecule is O=C(NN=Cc1ccccc1OCc1ccc(Cl)cc1)c1cccc(F)c1. The van der Waals surface area contributed by atoms with Gasteiger partial charge in [0, 0.05) is 16.1 Å². The second-order valence-electron chi connectivity index (χ2n) is 5.66. The van der Waals surface area contributed by atoms with Gasteiger partial charge in [-0.05, 0) is 48.0 Å². The summed E-state index contributed by atoms with van der Waals surface area (Å²) in [6.45, 7) is 0.373. The van der Waals surface area contributed by atoms with E-state index >= 15 is 0 Å². The van der Waals surface area contributed by atoms with E-state index in [0.717, 1.165) is 11.6 Å². The van der Waals surface area contributed by atoms with Crippen molar-refractivity contribution in [3.8, 4) is 5.75 Å². The first-order valence-electron chi connectivity index (χ1n) is 8.17. The van der Waals surface area contributed by atoms with Gasteiger partial charge >= 0.3 is 0 Å². The number of nitrogens with zero attached hydrogens (tertiary/aromatic N) is 1. The molecule has 0 atom stereocenters.